The third kappa shape index (κ3) is 19.5. The molecule has 0 bridgehead atoms. The largest absolute Gasteiger partial charge is 0.394 e. The van der Waals surface area contributed by atoms with Gasteiger partial charge in [0.2, 0.25) is 23.6 Å². The lowest BCUT2D eigenvalue weighted by Gasteiger charge is -2.22. The average Bonchev–Trinajstić information content (AvgIpc) is 3.00. The summed E-state index contributed by atoms with van der Waals surface area (Å²) in [4.78, 5) is 53.9. The van der Waals surface area contributed by atoms with Crippen molar-refractivity contribution < 1.29 is 24.3 Å². The van der Waals surface area contributed by atoms with E-state index in [9.17, 15) is 24.3 Å². The quantitative estimate of drug-likeness (QED) is 0.0420. The molecule has 12 N–H and O–H groups in total. The molecule has 0 aliphatic heterocycles. The number of guanidine groups is 1. The van der Waals surface area contributed by atoms with Gasteiger partial charge in [-0.3, -0.25) is 19.2 Å². The minimum atomic E-state index is -1.00. The number of aliphatic hydroxyl groups is 1. The molecule has 0 saturated heterocycles. The summed E-state index contributed by atoms with van der Waals surface area (Å²) in [5.74, 6) is -0.724. The van der Waals surface area contributed by atoms with E-state index in [-0.39, 0.29) is 41.9 Å². The first-order chi connectivity index (χ1) is 22.3. The number of hydrogen-bond donors (Lipinski definition) is 9. The summed E-state index contributed by atoms with van der Waals surface area (Å²) < 4.78 is 0. The summed E-state index contributed by atoms with van der Waals surface area (Å²) in [6, 6.07) is 5.11. The Morgan fingerprint density at radius 1 is 0.745 bits per heavy atom. The molecular formula is C33H59N9O5. The number of unbranched alkanes of at least 4 members (excludes halogenated alkanes) is 1. The highest BCUT2D eigenvalue weighted by molar-refractivity contribution is 5.89. The van der Waals surface area contributed by atoms with Gasteiger partial charge in [0, 0.05) is 19.5 Å². The van der Waals surface area contributed by atoms with Crippen LogP contribution < -0.4 is 43.8 Å². The second kappa shape index (κ2) is 23.6. The highest BCUT2D eigenvalue weighted by Crippen LogP contribution is 2.14. The summed E-state index contributed by atoms with van der Waals surface area (Å²) >= 11 is 0. The number of hydrogen-bond acceptors (Lipinski definition) is 8. The van der Waals surface area contributed by atoms with Gasteiger partial charge >= 0.3 is 0 Å². The van der Waals surface area contributed by atoms with E-state index in [0.29, 0.717) is 51.0 Å². The van der Waals surface area contributed by atoms with Gasteiger partial charge in [-0.2, -0.15) is 0 Å². The zero-order valence-corrected chi connectivity index (χ0v) is 28.6. The van der Waals surface area contributed by atoms with Crippen LogP contribution >= 0.6 is 0 Å². The number of amides is 4. The summed E-state index contributed by atoms with van der Waals surface area (Å²) in [5.41, 5.74) is 18.4. The third-order valence-electron chi connectivity index (χ3n) is 7.21. The Kier molecular flexibility index (Phi) is 20.7. The van der Waals surface area contributed by atoms with Crippen LogP contribution in [0.4, 0.5) is 5.69 Å². The van der Waals surface area contributed by atoms with Crippen molar-refractivity contribution in [2.24, 2.45) is 34.0 Å². The first-order valence-corrected chi connectivity index (χ1v) is 16.7. The smallest absolute Gasteiger partial charge is 0.244 e. The molecule has 0 spiro atoms. The molecule has 0 radical (unpaired) electrons. The second-order valence-electron chi connectivity index (χ2n) is 12.7. The molecule has 14 heteroatoms. The first kappa shape index (κ1) is 41.3. The summed E-state index contributed by atoms with van der Waals surface area (Å²) in [5, 5.41) is 24.0. The molecule has 3 atom stereocenters. The van der Waals surface area contributed by atoms with E-state index >= 15 is 0 Å². The molecule has 14 nitrogen and oxygen atoms in total. The Bertz CT molecular complexity index is 1110. The Hall–Kier alpha value is -3.75. The second-order valence-corrected chi connectivity index (χ2v) is 12.7. The van der Waals surface area contributed by atoms with Crippen LogP contribution in [0.1, 0.15) is 78.2 Å². The van der Waals surface area contributed by atoms with E-state index in [1.54, 1.807) is 12.1 Å². The van der Waals surface area contributed by atoms with Crippen molar-refractivity contribution in [2.45, 2.75) is 97.2 Å². The van der Waals surface area contributed by atoms with Crippen LogP contribution in [0.5, 0.6) is 0 Å². The molecular weight excluding hydrogens is 602 g/mol. The minimum Gasteiger partial charge on any atom is -0.394 e. The number of benzene rings is 1. The molecule has 0 saturated carbocycles. The summed E-state index contributed by atoms with van der Waals surface area (Å²) in [6.45, 7) is 9.86. The molecule has 0 fully saturated rings. The van der Waals surface area contributed by atoms with Crippen LogP contribution in [0.25, 0.3) is 0 Å². The molecule has 0 aliphatic carbocycles. The number of carbonyl (C=O) groups is 4. The average molecular weight is 662 g/mol. The first-order valence-electron chi connectivity index (χ1n) is 16.7. The fourth-order valence-corrected chi connectivity index (χ4v) is 4.78. The van der Waals surface area contributed by atoms with Gasteiger partial charge in [-0.15, -0.1) is 0 Å². The van der Waals surface area contributed by atoms with Crippen molar-refractivity contribution in [3.8, 4) is 0 Å². The van der Waals surface area contributed by atoms with Crippen molar-refractivity contribution in [1.82, 2.24) is 26.6 Å². The van der Waals surface area contributed by atoms with Gasteiger partial charge in [0.25, 0.3) is 0 Å². The molecule has 1 aromatic rings. The molecule has 0 aromatic heterocycles. The Morgan fingerprint density at radius 3 is 1.91 bits per heavy atom. The fraction of sp³-hybridized carbons (Fsp3) is 0.667. The van der Waals surface area contributed by atoms with Gasteiger partial charge in [-0.25, -0.2) is 4.99 Å². The summed E-state index contributed by atoms with van der Waals surface area (Å²) in [7, 11) is 0. The molecule has 4 amide bonds. The van der Waals surface area contributed by atoms with Gasteiger partial charge in [0.05, 0.1) is 18.3 Å². The monoisotopic (exact) mass is 661 g/mol. The third-order valence-corrected chi connectivity index (χ3v) is 7.21. The number of aliphatic imine (C=N–C) groups is 1. The van der Waals surface area contributed by atoms with Gasteiger partial charge in [-0.1, -0.05) is 39.8 Å². The zero-order valence-electron chi connectivity index (χ0n) is 28.6. The number of aryl methyl sites for hydroxylation is 1. The summed E-state index contributed by atoms with van der Waals surface area (Å²) in [6.07, 6.45) is 4.82. The Morgan fingerprint density at radius 2 is 1.32 bits per heavy atom. The van der Waals surface area contributed by atoms with Crippen molar-refractivity contribution >= 4 is 35.3 Å². The SMILES string of the molecule is CC(C)C[C@H](NC(=O)[C@@H](N)CC(C)C)C(=O)NCCCNCCCCNC(=O)C(CO)NC(=O)CCCc1ccc(N=C(N)N)cc1. The highest BCUT2D eigenvalue weighted by atomic mass is 16.3. The van der Waals surface area contributed by atoms with E-state index in [2.05, 4.69) is 31.6 Å². The van der Waals surface area contributed by atoms with Crippen LogP contribution in [-0.2, 0) is 25.6 Å². The minimum absolute atomic E-state index is 0.0138. The molecule has 0 aliphatic rings. The van der Waals surface area contributed by atoms with Crippen molar-refractivity contribution in [2.75, 3.05) is 32.8 Å². The van der Waals surface area contributed by atoms with E-state index in [1.165, 1.54) is 0 Å². The van der Waals surface area contributed by atoms with Crippen LogP contribution in [0.15, 0.2) is 29.3 Å². The van der Waals surface area contributed by atoms with E-state index < -0.39 is 30.6 Å². The van der Waals surface area contributed by atoms with E-state index in [4.69, 9.17) is 17.2 Å². The Labute approximate surface area is 279 Å². The molecule has 266 valence electrons. The normalized spacial score (nSPS) is 13.0. The maximum absolute atomic E-state index is 12.7. The topological polar surface area (TPSA) is 239 Å². The molecule has 1 aromatic carbocycles. The van der Waals surface area contributed by atoms with Gasteiger partial charge in [0.1, 0.15) is 12.1 Å². The number of rotatable bonds is 24. The van der Waals surface area contributed by atoms with Crippen molar-refractivity contribution in [3.05, 3.63) is 29.8 Å². The van der Waals surface area contributed by atoms with Crippen LogP contribution in [0, 0.1) is 11.8 Å². The molecule has 0 heterocycles. The lowest BCUT2D eigenvalue weighted by molar-refractivity contribution is -0.130. The standard InChI is InChI=1S/C33H59N9O5/c1-22(2)19-26(34)30(45)42-27(20-23(3)4)31(46)39-18-8-16-37-15-5-6-17-38-32(47)28(21-43)41-29(44)10-7-9-24-11-13-25(14-12-24)40-33(35)36/h11-14,22-23,26-28,37,43H,5-10,15-21,34H2,1-4H3,(H,38,47)(H,39,46)(H,41,44)(H,42,45)(H4,35,36,40)/t26-,27-,28?/m0/s1. The predicted molar refractivity (Wildman–Crippen MR) is 185 cm³/mol. The van der Waals surface area contributed by atoms with E-state index in [0.717, 1.165) is 31.4 Å². The number of carbonyl (C=O) groups excluding carboxylic acids is 4. The van der Waals surface area contributed by atoms with Crippen molar-refractivity contribution in [1.29, 1.82) is 0 Å². The van der Waals surface area contributed by atoms with Crippen LogP contribution in [-0.4, -0.2) is 85.6 Å². The Balaban J connectivity index is 2.20. The maximum atomic E-state index is 12.7. The van der Waals surface area contributed by atoms with Gasteiger partial charge in [-0.05, 0) is 87.6 Å². The molecule has 1 unspecified atom stereocenters. The molecule has 47 heavy (non-hydrogen) atoms. The van der Waals surface area contributed by atoms with Crippen LogP contribution in [0.2, 0.25) is 0 Å². The number of aliphatic hydroxyl groups excluding tert-OH is 1. The fourth-order valence-electron chi connectivity index (χ4n) is 4.78. The van der Waals surface area contributed by atoms with Crippen molar-refractivity contribution in [3.63, 3.8) is 0 Å². The number of nitrogens with two attached hydrogens (primary N) is 3. The highest BCUT2D eigenvalue weighted by Gasteiger charge is 2.25. The lowest BCUT2D eigenvalue weighted by atomic mass is 10.0. The number of nitrogens with zero attached hydrogens (tertiary/aromatic N) is 1. The number of nitrogens with one attached hydrogen (secondary N) is 5. The van der Waals surface area contributed by atoms with Crippen LogP contribution in [0.3, 0.4) is 0 Å². The maximum Gasteiger partial charge on any atom is 0.244 e. The lowest BCUT2D eigenvalue weighted by Crippen LogP contribution is -2.52. The predicted octanol–water partition coefficient (Wildman–Crippen LogP) is 0.288. The van der Waals surface area contributed by atoms with Gasteiger partial charge in [0.15, 0.2) is 5.96 Å². The zero-order chi connectivity index (χ0) is 35.2. The van der Waals surface area contributed by atoms with E-state index in [1.807, 2.05) is 39.8 Å². The molecule has 1 rings (SSSR count). The van der Waals surface area contributed by atoms with Gasteiger partial charge < -0.3 is 48.9 Å².